The van der Waals surface area contributed by atoms with E-state index in [1.165, 1.54) is 17.7 Å². The second-order valence-corrected chi connectivity index (χ2v) is 6.04. The molecule has 1 heterocycles. The smallest absolute Gasteiger partial charge is 0.123 e. The third-order valence-corrected chi connectivity index (χ3v) is 4.14. The van der Waals surface area contributed by atoms with Crippen molar-refractivity contribution in [3.63, 3.8) is 0 Å². The van der Waals surface area contributed by atoms with Crippen molar-refractivity contribution in [2.75, 3.05) is 40.3 Å². The van der Waals surface area contributed by atoms with Gasteiger partial charge in [0, 0.05) is 38.3 Å². The van der Waals surface area contributed by atoms with Crippen LogP contribution in [-0.4, -0.2) is 62.2 Å². The third-order valence-electron chi connectivity index (χ3n) is 4.14. The molecular formula is C16H26FN3. The molecule has 0 aliphatic carbocycles. The Morgan fingerprint density at radius 1 is 1.25 bits per heavy atom. The van der Waals surface area contributed by atoms with Crippen LogP contribution in [0, 0.1) is 5.82 Å². The first-order valence-electron chi connectivity index (χ1n) is 7.41. The molecule has 4 heteroatoms. The number of likely N-dealkylation sites (N-methyl/N-ethyl adjacent to an activating group) is 2. The maximum Gasteiger partial charge on any atom is 0.123 e. The predicted molar refractivity (Wildman–Crippen MR) is 81.5 cm³/mol. The van der Waals surface area contributed by atoms with Gasteiger partial charge in [-0.3, -0.25) is 4.90 Å². The van der Waals surface area contributed by atoms with Gasteiger partial charge in [-0.2, -0.15) is 0 Å². The van der Waals surface area contributed by atoms with E-state index in [2.05, 4.69) is 36.1 Å². The summed E-state index contributed by atoms with van der Waals surface area (Å²) in [5.74, 6) is -0.166. The lowest BCUT2D eigenvalue weighted by atomic mass is 10.1. The van der Waals surface area contributed by atoms with Gasteiger partial charge in [0.15, 0.2) is 0 Å². The average molecular weight is 279 g/mol. The molecule has 1 N–H and O–H groups in total. The normalized spacial score (nSPS) is 22.9. The highest BCUT2D eigenvalue weighted by atomic mass is 19.1. The molecule has 20 heavy (non-hydrogen) atoms. The van der Waals surface area contributed by atoms with Crippen LogP contribution < -0.4 is 5.32 Å². The van der Waals surface area contributed by atoms with E-state index in [1.807, 2.05) is 12.1 Å². The van der Waals surface area contributed by atoms with Crippen molar-refractivity contribution in [3.8, 4) is 0 Å². The van der Waals surface area contributed by atoms with Gasteiger partial charge in [-0.1, -0.05) is 12.1 Å². The lowest BCUT2D eigenvalue weighted by Crippen LogP contribution is -2.54. The molecule has 0 bridgehead atoms. The molecule has 2 rings (SSSR count). The molecule has 1 fully saturated rings. The van der Waals surface area contributed by atoms with E-state index in [-0.39, 0.29) is 5.82 Å². The fraction of sp³-hybridized carbons (Fsp3) is 0.625. The zero-order valence-corrected chi connectivity index (χ0v) is 12.8. The van der Waals surface area contributed by atoms with E-state index in [1.54, 1.807) is 0 Å². The Morgan fingerprint density at radius 3 is 2.65 bits per heavy atom. The second kappa shape index (κ2) is 7.16. The van der Waals surface area contributed by atoms with Gasteiger partial charge < -0.3 is 10.2 Å². The van der Waals surface area contributed by atoms with E-state index >= 15 is 0 Å². The minimum atomic E-state index is -0.166. The van der Waals surface area contributed by atoms with Gasteiger partial charge in [-0.25, -0.2) is 4.39 Å². The Labute approximate surface area is 121 Å². The van der Waals surface area contributed by atoms with E-state index in [4.69, 9.17) is 0 Å². The van der Waals surface area contributed by atoms with Crippen molar-refractivity contribution in [1.29, 1.82) is 0 Å². The molecule has 2 unspecified atom stereocenters. The molecule has 0 aromatic heterocycles. The summed E-state index contributed by atoms with van der Waals surface area (Å²) in [5, 5.41) is 3.60. The summed E-state index contributed by atoms with van der Waals surface area (Å²) >= 11 is 0. The van der Waals surface area contributed by atoms with Gasteiger partial charge >= 0.3 is 0 Å². The molecule has 1 aromatic rings. The summed E-state index contributed by atoms with van der Waals surface area (Å²) in [6.45, 7) is 6.60. The molecular weight excluding hydrogens is 253 g/mol. The fourth-order valence-electron chi connectivity index (χ4n) is 2.71. The second-order valence-electron chi connectivity index (χ2n) is 6.04. The molecule has 0 radical (unpaired) electrons. The average Bonchev–Trinajstić information content (AvgIpc) is 2.42. The van der Waals surface area contributed by atoms with Crippen LogP contribution in [0.2, 0.25) is 0 Å². The van der Waals surface area contributed by atoms with Gasteiger partial charge in [-0.05, 0) is 45.1 Å². The van der Waals surface area contributed by atoms with Crippen LogP contribution in [0.1, 0.15) is 12.5 Å². The molecule has 0 spiro atoms. The first-order chi connectivity index (χ1) is 9.54. The molecule has 1 aliphatic heterocycles. The highest BCUT2D eigenvalue weighted by Crippen LogP contribution is 2.08. The van der Waals surface area contributed by atoms with Crippen LogP contribution >= 0.6 is 0 Å². The SMILES string of the molecule is CC(Cc1ccc(F)cc1)NCC1CN(C)CCN1C. The summed E-state index contributed by atoms with van der Waals surface area (Å²) in [6, 6.07) is 7.78. The van der Waals surface area contributed by atoms with Crippen molar-refractivity contribution in [3.05, 3.63) is 35.6 Å². The Morgan fingerprint density at radius 2 is 1.95 bits per heavy atom. The largest absolute Gasteiger partial charge is 0.312 e. The first kappa shape index (κ1) is 15.4. The minimum absolute atomic E-state index is 0.166. The van der Waals surface area contributed by atoms with E-state index < -0.39 is 0 Å². The van der Waals surface area contributed by atoms with Crippen LogP contribution in [0.25, 0.3) is 0 Å². The van der Waals surface area contributed by atoms with Gasteiger partial charge in [0.05, 0.1) is 0 Å². The van der Waals surface area contributed by atoms with Crippen molar-refractivity contribution < 1.29 is 4.39 Å². The van der Waals surface area contributed by atoms with Crippen LogP contribution in [-0.2, 0) is 6.42 Å². The molecule has 2 atom stereocenters. The Kier molecular flexibility index (Phi) is 5.52. The zero-order chi connectivity index (χ0) is 14.5. The summed E-state index contributed by atoms with van der Waals surface area (Å²) in [6.07, 6.45) is 0.937. The fourth-order valence-corrected chi connectivity index (χ4v) is 2.71. The zero-order valence-electron chi connectivity index (χ0n) is 12.8. The number of hydrogen-bond acceptors (Lipinski definition) is 3. The maximum atomic E-state index is 12.9. The molecule has 1 saturated heterocycles. The summed E-state index contributed by atoms with van der Waals surface area (Å²) in [5.41, 5.74) is 1.18. The number of piperazine rings is 1. The summed E-state index contributed by atoms with van der Waals surface area (Å²) < 4.78 is 12.9. The number of nitrogens with zero attached hydrogens (tertiary/aromatic N) is 2. The third kappa shape index (κ3) is 4.54. The number of hydrogen-bond donors (Lipinski definition) is 1. The van der Waals surface area contributed by atoms with Crippen molar-refractivity contribution in [1.82, 2.24) is 15.1 Å². The van der Waals surface area contributed by atoms with Crippen LogP contribution in [0.5, 0.6) is 0 Å². The van der Waals surface area contributed by atoms with Crippen molar-refractivity contribution in [2.24, 2.45) is 0 Å². The van der Waals surface area contributed by atoms with Gasteiger partial charge in [0.1, 0.15) is 5.82 Å². The lowest BCUT2D eigenvalue weighted by molar-refractivity contribution is 0.112. The highest BCUT2D eigenvalue weighted by Gasteiger charge is 2.22. The summed E-state index contributed by atoms with van der Waals surface area (Å²) in [7, 11) is 4.38. The van der Waals surface area contributed by atoms with Crippen LogP contribution in [0.4, 0.5) is 4.39 Å². The summed E-state index contributed by atoms with van der Waals surface area (Å²) in [4.78, 5) is 4.81. The van der Waals surface area contributed by atoms with Crippen LogP contribution in [0.3, 0.4) is 0 Å². The topological polar surface area (TPSA) is 18.5 Å². The van der Waals surface area contributed by atoms with E-state index in [0.29, 0.717) is 12.1 Å². The quantitative estimate of drug-likeness (QED) is 0.883. The minimum Gasteiger partial charge on any atom is -0.312 e. The number of rotatable bonds is 5. The van der Waals surface area contributed by atoms with Gasteiger partial charge in [-0.15, -0.1) is 0 Å². The number of benzene rings is 1. The molecule has 3 nitrogen and oxygen atoms in total. The Hall–Kier alpha value is -0.970. The molecule has 1 aromatic carbocycles. The van der Waals surface area contributed by atoms with Gasteiger partial charge in [0.25, 0.3) is 0 Å². The first-order valence-corrected chi connectivity index (χ1v) is 7.41. The standard InChI is InChI=1S/C16H26FN3/c1-13(10-14-4-6-15(17)7-5-14)18-11-16-12-19(2)8-9-20(16)3/h4-7,13,16,18H,8-12H2,1-3H3. The maximum absolute atomic E-state index is 12.9. The molecule has 0 saturated carbocycles. The van der Waals surface area contributed by atoms with Crippen LogP contribution in [0.15, 0.2) is 24.3 Å². The molecule has 112 valence electrons. The lowest BCUT2D eigenvalue weighted by Gasteiger charge is -2.38. The van der Waals surface area contributed by atoms with E-state index in [9.17, 15) is 4.39 Å². The number of nitrogens with one attached hydrogen (secondary N) is 1. The molecule has 0 amide bonds. The number of halogens is 1. The Bertz CT molecular complexity index is 407. The molecule has 1 aliphatic rings. The van der Waals surface area contributed by atoms with Gasteiger partial charge in [0.2, 0.25) is 0 Å². The van der Waals surface area contributed by atoms with Crippen molar-refractivity contribution in [2.45, 2.75) is 25.4 Å². The monoisotopic (exact) mass is 279 g/mol. The highest BCUT2D eigenvalue weighted by molar-refractivity contribution is 5.17. The predicted octanol–water partition coefficient (Wildman–Crippen LogP) is 1.59. The van der Waals surface area contributed by atoms with E-state index in [0.717, 1.165) is 32.6 Å². The van der Waals surface area contributed by atoms with Crippen molar-refractivity contribution >= 4 is 0 Å². The Balaban J connectivity index is 1.76.